The summed E-state index contributed by atoms with van der Waals surface area (Å²) in [5.74, 6) is 0. The van der Waals surface area contributed by atoms with Crippen LogP contribution in [0.5, 0.6) is 0 Å². The maximum absolute atomic E-state index is 11.5. The average molecular weight is 327 g/mol. The molecule has 0 radical (unpaired) electrons. The predicted molar refractivity (Wildman–Crippen MR) is 86.1 cm³/mol. The number of hydrogen-bond donors (Lipinski definition) is 2. The highest BCUT2D eigenvalue weighted by Crippen LogP contribution is 2.32. The summed E-state index contributed by atoms with van der Waals surface area (Å²) in [6.45, 7) is 6.42. The lowest BCUT2D eigenvalue weighted by Gasteiger charge is -2.08. The van der Waals surface area contributed by atoms with E-state index in [1.54, 1.807) is 4.57 Å². The molecule has 1 heterocycles. The fourth-order valence-electron chi connectivity index (χ4n) is 1.90. The molecule has 0 fully saturated rings. The topological polar surface area (TPSA) is 62.7 Å². The maximum atomic E-state index is 11.5. The minimum Gasteiger partial charge on any atom is -0.313 e. The van der Waals surface area contributed by atoms with E-state index in [2.05, 4.69) is 22.4 Å². The summed E-state index contributed by atoms with van der Waals surface area (Å²) in [6.07, 6.45) is 1.11. The third-order valence-electron chi connectivity index (χ3n) is 2.99. The molecule has 0 spiro atoms. The molecule has 0 atom stereocenters. The summed E-state index contributed by atoms with van der Waals surface area (Å²) in [5, 5.41) is 11.1. The summed E-state index contributed by atoms with van der Waals surface area (Å²) >= 11 is 7.71. The van der Waals surface area contributed by atoms with Crippen LogP contribution in [0.1, 0.15) is 25.8 Å². The first kappa shape index (κ1) is 16.1. The predicted octanol–water partition coefficient (Wildman–Crippen LogP) is 2.90. The lowest BCUT2D eigenvalue weighted by Crippen LogP contribution is -2.16. The lowest BCUT2D eigenvalue weighted by atomic mass is 10.2. The molecular weight excluding hydrogens is 308 g/mol. The number of aromatic nitrogens is 3. The van der Waals surface area contributed by atoms with Crippen molar-refractivity contribution in [2.24, 2.45) is 0 Å². The number of halogens is 1. The molecule has 2 rings (SSSR count). The molecule has 0 amide bonds. The molecular formula is C14H19ClN4OS. The van der Waals surface area contributed by atoms with Crippen LogP contribution in [-0.2, 0) is 13.1 Å². The smallest absolute Gasteiger partial charge is 0.313 e. The summed E-state index contributed by atoms with van der Waals surface area (Å²) < 4.78 is 1.58. The van der Waals surface area contributed by atoms with Gasteiger partial charge in [0.05, 0.1) is 5.02 Å². The van der Waals surface area contributed by atoms with E-state index in [0.717, 1.165) is 30.0 Å². The van der Waals surface area contributed by atoms with Crippen LogP contribution in [-0.4, -0.2) is 21.3 Å². The molecule has 2 aromatic rings. The third-order valence-corrected chi connectivity index (χ3v) is 4.49. The van der Waals surface area contributed by atoms with Crippen LogP contribution in [0.15, 0.2) is 33.0 Å². The largest absolute Gasteiger partial charge is 0.343 e. The van der Waals surface area contributed by atoms with E-state index in [1.807, 2.05) is 25.1 Å². The van der Waals surface area contributed by atoms with E-state index >= 15 is 0 Å². The molecule has 1 aromatic carbocycles. The molecule has 21 heavy (non-hydrogen) atoms. The number of nitrogens with zero attached hydrogens (tertiary/aromatic N) is 2. The van der Waals surface area contributed by atoms with E-state index in [0.29, 0.717) is 16.7 Å². The number of nitrogens with one attached hydrogen (secondary N) is 2. The van der Waals surface area contributed by atoms with Crippen LogP contribution in [0.3, 0.4) is 0 Å². The van der Waals surface area contributed by atoms with Gasteiger partial charge in [-0.25, -0.2) is 9.89 Å². The second-order valence-electron chi connectivity index (χ2n) is 4.60. The summed E-state index contributed by atoms with van der Waals surface area (Å²) in [5.41, 5.74) is 0.948. The fourth-order valence-corrected chi connectivity index (χ4v) is 3.13. The molecule has 2 N–H and O–H groups in total. The molecule has 0 bridgehead atoms. The van der Waals surface area contributed by atoms with E-state index in [4.69, 9.17) is 11.6 Å². The summed E-state index contributed by atoms with van der Waals surface area (Å²) in [4.78, 5) is 12.4. The molecule has 0 saturated heterocycles. The van der Waals surface area contributed by atoms with Crippen LogP contribution in [0.4, 0.5) is 0 Å². The first-order valence-corrected chi connectivity index (χ1v) is 8.17. The van der Waals surface area contributed by atoms with Crippen LogP contribution >= 0.6 is 23.4 Å². The molecule has 0 saturated carbocycles. The number of benzene rings is 1. The summed E-state index contributed by atoms with van der Waals surface area (Å²) in [7, 11) is 0. The van der Waals surface area contributed by atoms with Gasteiger partial charge in [-0.3, -0.25) is 4.57 Å². The molecule has 1 aromatic heterocycles. The van der Waals surface area contributed by atoms with Crippen molar-refractivity contribution >= 4 is 23.4 Å². The van der Waals surface area contributed by atoms with Crippen molar-refractivity contribution in [3.8, 4) is 0 Å². The Morgan fingerprint density at radius 3 is 2.90 bits per heavy atom. The van der Waals surface area contributed by atoms with Gasteiger partial charge in [0.2, 0.25) is 0 Å². The Hall–Kier alpha value is -1.24. The van der Waals surface area contributed by atoms with Gasteiger partial charge in [0.25, 0.3) is 0 Å². The van der Waals surface area contributed by atoms with Crippen molar-refractivity contribution in [1.29, 1.82) is 0 Å². The minimum atomic E-state index is -0.198. The Labute approximate surface area is 133 Å². The first-order valence-electron chi connectivity index (χ1n) is 6.97. The van der Waals surface area contributed by atoms with E-state index < -0.39 is 0 Å². The van der Waals surface area contributed by atoms with Gasteiger partial charge in [-0.15, -0.1) is 5.10 Å². The number of aromatic amines is 1. The van der Waals surface area contributed by atoms with Crippen molar-refractivity contribution in [2.45, 2.75) is 43.4 Å². The molecule has 0 unspecified atom stereocenters. The molecule has 0 aliphatic heterocycles. The van der Waals surface area contributed by atoms with E-state index in [-0.39, 0.29) is 5.69 Å². The van der Waals surface area contributed by atoms with Gasteiger partial charge in [0.1, 0.15) is 0 Å². The van der Waals surface area contributed by atoms with Gasteiger partial charge in [0, 0.05) is 18.0 Å². The van der Waals surface area contributed by atoms with Crippen molar-refractivity contribution in [3.63, 3.8) is 0 Å². The lowest BCUT2D eigenvalue weighted by molar-refractivity contribution is 0.660. The minimum absolute atomic E-state index is 0.198. The zero-order valence-electron chi connectivity index (χ0n) is 12.1. The summed E-state index contributed by atoms with van der Waals surface area (Å²) in [6, 6.07) is 5.96. The zero-order chi connectivity index (χ0) is 15.2. The van der Waals surface area contributed by atoms with Gasteiger partial charge < -0.3 is 5.32 Å². The zero-order valence-corrected chi connectivity index (χ0v) is 13.7. The van der Waals surface area contributed by atoms with E-state index in [1.165, 1.54) is 11.8 Å². The fraction of sp³-hybridized carbons (Fsp3) is 0.429. The second-order valence-corrected chi connectivity index (χ2v) is 6.02. The molecule has 7 heteroatoms. The second kappa shape index (κ2) is 7.68. The van der Waals surface area contributed by atoms with Crippen molar-refractivity contribution in [3.05, 3.63) is 39.3 Å². The van der Waals surface area contributed by atoms with Crippen LogP contribution in [0.25, 0.3) is 0 Å². The van der Waals surface area contributed by atoms with Crippen molar-refractivity contribution < 1.29 is 0 Å². The third kappa shape index (κ3) is 4.12. The molecule has 114 valence electrons. The quantitative estimate of drug-likeness (QED) is 0.768. The van der Waals surface area contributed by atoms with Crippen LogP contribution < -0.4 is 11.0 Å². The Bertz CT molecular complexity index is 653. The first-order chi connectivity index (χ1) is 10.2. The van der Waals surface area contributed by atoms with Crippen LogP contribution in [0.2, 0.25) is 5.02 Å². The number of rotatable bonds is 7. The van der Waals surface area contributed by atoms with Gasteiger partial charge >= 0.3 is 5.69 Å². The molecule has 5 nitrogen and oxygen atoms in total. The molecule has 0 aliphatic carbocycles. The van der Waals surface area contributed by atoms with Gasteiger partial charge in [-0.2, -0.15) is 0 Å². The standard InChI is InChI=1S/C14H19ClN4OS/c1-3-7-16-9-10-5-6-12(11(15)8-10)21-14-18-17-13(20)19(14)4-2/h5-6,8,16H,3-4,7,9H2,1-2H3,(H,17,20). The Morgan fingerprint density at radius 2 is 2.24 bits per heavy atom. The van der Waals surface area contributed by atoms with Gasteiger partial charge in [-0.1, -0.05) is 24.6 Å². The van der Waals surface area contributed by atoms with E-state index in [9.17, 15) is 4.79 Å². The number of H-pyrrole nitrogens is 1. The van der Waals surface area contributed by atoms with Gasteiger partial charge in [0.15, 0.2) is 5.16 Å². The Morgan fingerprint density at radius 1 is 1.43 bits per heavy atom. The monoisotopic (exact) mass is 326 g/mol. The Kier molecular flexibility index (Phi) is 5.90. The maximum Gasteiger partial charge on any atom is 0.343 e. The SMILES string of the molecule is CCCNCc1ccc(Sc2n[nH]c(=O)n2CC)c(Cl)c1. The van der Waals surface area contributed by atoms with Crippen LogP contribution in [0, 0.1) is 0 Å². The molecule has 0 aliphatic rings. The average Bonchev–Trinajstić information content (AvgIpc) is 2.82. The normalized spacial score (nSPS) is 11.0. The van der Waals surface area contributed by atoms with Gasteiger partial charge in [-0.05, 0) is 49.3 Å². The highest BCUT2D eigenvalue weighted by atomic mass is 35.5. The Balaban J connectivity index is 2.12. The highest BCUT2D eigenvalue weighted by Gasteiger charge is 2.11. The number of hydrogen-bond acceptors (Lipinski definition) is 4. The highest BCUT2D eigenvalue weighted by molar-refractivity contribution is 7.99. The van der Waals surface area contributed by atoms with Crippen molar-refractivity contribution in [1.82, 2.24) is 20.1 Å². The van der Waals surface area contributed by atoms with Crippen molar-refractivity contribution in [2.75, 3.05) is 6.54 Å².